The van der Waals surface area contributed by atoms with Gasteiger partial charge in [-0.3, -0.25) is 19.3 Å². The molecule has 1 saturated heterocycles. The predicted octanol–water partition coefficient (Wildman–Crippen LogP) is 2.91. The molecule has 26 heavy (non-hydrogen) atoms. The summed E-state index contributed by atoms with van der Waals surface area (Å²) in [4.78, 5) is 40.1. The monoisotopic (exact) mass is 352 g/mol. The van der Waals surface area contributed by atoms with E-state index in [2.05, 4.69) is 17.5 Å². The molecule has 0 spiro atoms. The average Bonchev–Trinajstić information content (AvgIpc) is 2.93. The molecule has 3 amide bonds. The van der Waals surface area contributed by atoms with Crippen molar-refractivity contribution in [3.63, 3.8) is 0 Å². The van der Waals surface area contributed by atoms with Crippen molar-refractivity contribution < 1.29 is 14.4 Å². The molecule has 1 heterocycles. The first-order chi connectivity index (χ1) is 12.5. The molecular formula is C21H24N2O3. The fraction of sp³-hybridized carbons (Fsp3) is 0.476. The van der Waals surface area contributed by atoms with Crippen LogP contribution in [-0.2, 0) is 14.4 Å². The van der Waals surface area contributed by atoms with Gasteiger partial charge in [0.1, 0.15) is 6.04 Å². The Balaban J connectivity index is 1.56. The molecule has 1 N–H and O–H groups in total. The van der Waals surface area contributed by atoms with Gasteiger partial charge in [-0.25, -0.2) is 0 Å². The summed E-state index contributed by atoms with van der Waals surface area (Å²) in [6.45, 7) is 3.82. The lowest BCUT2D eigenvalue weighted by molar-refractivity contribution is -0.146. The van der Waals surface area contributed by atoms with Gasteiger partial charge < -0.3 is 5.32 Å². The molecule has 4 aliphatic rings. The SMILES string of the molecule is CC[C@H](C(=O)Nc1ccc(C)cc1)N1C(=O)[C@H]2[C@H](C1=O)[C@H]1C=C[C@H]2CC1. The maximum atomic E-state index is 13.0. The number of carbonyl (C=O) groups excluding carboxylic acids is 3. The molecule has 2 fully saturated rings. The number of nitrogens with zero attached hydrogens (tertiary/aromatic N) is 1. The molecular weight excluding hydrogens is 328 g/mol. The molecule has 5 atom stereocenters. The van der Waals surface area contributed by atoms with Crippen molar-refractivity contribution in [2.45, 2.75) is 39.2 Å². The third kappa shape index (κ3) is 2.57. The Labute approximate surface area is 153 Å². The third-order valence-corrected chi connectivity index (χ3v) is 6.11. The van der Waals surface area contributed by atoms with Crippen molar-refractivity contribution in [1.29, 1.82) is 0 Å². The van der Waals surface area contributed by atoms with E-state index in [1.54, 1.807) is 0 Å². The van der Waals surface area contributed by atoms with E-state index in [1.807, 2.05) is 38.1 Å². The highest BCUT2D eigenvalue weighted by Gasteiger charge is 2.58. The van der Waals surface area contributed by atoms with Gasteiger partial charge in [0.05, 0.1) is 11.8 Å². The van der Waals surface area contributed by atoms with Crippen LogP contribution in [0.25, 0.3) is 0 Å². The molecule has 1 aromatic rings. The van der Waals surface area contributed by atoms with Crippen LogP contribution in [0.1, 0.15) is 31.7 Å². The fourth-order valence-electron chi connectivity index (χ4n) is 4.75. The highest BCUT2D eigenvalue weighted by molar-refractivity contribution is 6.10. The zero-order chi connectivity index (χ0) is 18.4. The Morgan fingerprint density at radius 1 is 1.08 bits per heavy atom. The van der Waals surface area contributed by atoms with Crippen molar-refractivity contribution in [3.8, 4) is 0 Å². The Morgan fingerprint density at radius 3 is 2.08 bits per heavy atom. The van der Waals surface area contributed by atoms with E-state index in [0.717, 1.165) is 18.4 Å². The first-order valence-corrected chi connectivity index (χ1v) is 9.44. The quantitative estimate of drug-likeness (QED) is 0.669. The molecule has 3 aliphatic carbocycles. The van der Waals surface area contributed by atoms with Gasteiger partial charge in [0.2, 0.25) is 17.7 Å². The molecule has 0 aromatic heterocycles. The molecule has 0 radical (unpaired) electrons. The van der Waals surface area contributed by atoms with Gasteiger partial charge in [-0.05, 0) is 50.2 Å². The number of fused-ring (bicyclic) bond motifs is 1. The lowest BCUT2D eigenvalue weighted by Gasteiger charge is -2.38. The van der Waals surface area contributed by atoms with Crippen LogP contribution in [0.3, 0.4) is 0 Å². The van der Waals surface area contributed by atoms with Crippen molar-refractivity contribution in [2.75, 3.05) is 5.32 Å². The fourth-order valence-corrected chi connectivity index (χ4v) is 4.75. The number of hydrogen-bond donors (Lipinski definition) is 1. The van der Waals surface area contributed by atoms with Crippen LogP contribution in [-0.4, -0.2) is 28.7 Å². The maximum Gasteiger partial charge on any atom is 0.247 e. The van der Waals surface area contributed by atoms with Crippen LogP contribution >= 0.6 is 0 Å². The Hall–Kier alpha value is -2.43. The van der Waals surface area contributed by atoms with Crippen LogP contribution in [0.15, 0.2) is 36.4 Å². The number of amides is 3. The smallest absolute Gasteiger partial charge is 0.247 e. The van der Waals surface area contributed by atoms with Crippen molar-refractivity contribution in [2.24, 2.45) is 23.7 Å². The predicted molar refractivity (Wildman–Crippen MR) is 98.1 cm³/mol. The number of anilines is 1. The van der Waals surface area contributed by atoms with Gasteiger partial charge in [-0.2, -0.15) is 0 Å². The van der Waals surface area contributed by atoms with Gasteiger partial charge in [0.25, 0.3) is 0 Å². The van der Waals surface area contributed by atoms with Crippen LogP contribution in [0.4, 0.5) is 5.69 Å². The van der Waals surface area contributed by atoms with E-state index in [9.17, 15) is 14.4 Å². The second-order valence-corrected chi connectivity index (χ2v) is 7.67. The van der Waals surface area contributed by atoms with Crippen molar-refractivity contribution >= 4 is 23.4 Å². The number of hydrogen-bond acceptors (Lipinski definition) is 3. The Morgan fingerprint density at radius 2 is 1.62 bits per heavy atom. The van der Waals surface area contributed by atoms with E-state index < -0.39 is 6.04 Å². The Kier molecular flexibility index (Phi) is 4.17. The van der Waals surface area contributed by atoms with Gasteiger partial charge in [-0.1, -0.05) is 36.8 Å². The molecule has 1 aliphatic heterocycles. The molecule has 1 saturated carbocycles. The lowest BCUT2D eigenvalue weighted by Crippen LogP contribution is -2.47. The average molecular weight is 352 g/mol. The highest BCUT2D eigenvalue weighted by Crippen LogP contribution is 2.50. The third-order valence-electron chi connectivity index (χ3n) is 6.11. The van der Waals surface area contributed by atoms with Gasteiger partial charge in [0.15, 0.2) is 0 Å². The topological polar surface area (TPSA) is 66.5 Å². The summed E-state index contributed by atoms with van der Waals surface area (Å²) in [6, 6.07) is 6.75. The minimum atomic E-state index is -0.749. The summed E-state index contributed by atoms with van der Waals surface area (Å²) in [5.74, 6) is -0.875. The minimum Gasteiger partial charge on any atom is -0.324 e. The summed E-state index contributed by atoms with van der Waals surface area (Å²) in [5, 5.41) is 2.86. The maximum absolute atomic E-state index is 13.0. The summed E-state index contributed by atoms with van der Waals surface area (Å²) in [5.41, 5.74) is 1.78. The number of rotatable bonds is 4. The molecule has 5 heteroatoms. The first kappa shape index (κ1) is 17.0. The zero-order valence-corrected chi connectivity index (χ0v) is 15.1. The number of imide groups is 1. The summed E-state index contributed by atoms with van der Waals surface area (Å²) >= 11 is 0. The Bertz CT molecular complexity index is 751. The van der Waals surface area contributed by atoms with E-state index >= 15 is 0 Å². The van der Waals surface area contributed by atoms with Crippen molar-refractivity contribution in [1.82, 2.24) is 4.90 Å². The van der Waals surface area contributed by atoms with E-state index in [-0.39, 0.29) is 41.4 Å². The second kappa shape index (κ2) is 6.38. The first-order valence-electron chi connectivity index (χ1n) is 9.44. The number of likely N-dealkylation sites (tertiary alicyclic amines) is 1. The van der Waals surface area contributed by atoms with Gasteiger partial charge in [0, 0.05) is 5.69 Å². The molecule has 2 bridgehead atoms. The van der Waals surface area contributed by atoms with E-state index in [1.165, 1.54) is 4.90 Å². The summed E-state index contributed by atoms with van der Waals surface area (Å²) in [6.07, 6.45) is 6.52. The lowest BCUT2D eigenvalue weighted by atomic mass is 9.63. The van der Waals surface area contributed by atoms with Crippen molar-refractivity contribution in [3.05, 3.63) is 42.0 Å². The molecule has 136 valence electrons. The van der Waals surface area contributed by atoms with E-state index in [0.29, 0.717) is 12.1 Å². The zero-order valence-electron chi connectivity index (χ0n) is 15.1. The molecule has 1 aromatic carbocycles. The number of allylic oxidation sites excluding steroid dienone is 2. The second-order valence-electron chi connectivity index (χ2n) is 7.67. The molecule has 5 nitrogen and oxygen atoms in total. The van der Waals surface area contributed by atoms with Crippen LogP contribution in [0.5, 0.6) is 0 Å². The summed E-state index contributed by atoms with van der Waals surface area (Å²) in [7, 11) is 0. The summed E-state index contributed by atoms with van der Waals surface area (Å²) < 4.78 is 0. The standard InChI is InChI=1S/C21H24N2O3/c1-3-16(19(24)22-15-10-4-12(2)5-11-15)23-20(25)17-13-6-7-14(9-8-13)18(17)21(23)26/h4-7,10-11,13-14,16-18H,3,8-9H2,1-2H3,(H,22,24)/t13-,14-,16+,17+,18+/m0/s1. The number of nitrogens with one attached hydrogen (secondary N) is 1. The number of carbonyl (C=O) groups is 3. The normalized spacial score (nSPS) is 30.5. The van der Waals surface area contributed by atoms with E-state index in [4.69, 9.17) is 0 Å². The largest absolute Gasteiger partial charge is 0.324 e. The van der Waals surface area contributed by atoms with Crippen LogP contribution < -0.4 is 5.32 Å². The number of benzene rings is 1. The minimum absolute atomic E-state index is 0.143. The highest BCUT2D eigenvalue weighted by atomic mass is 16.2. The molecule has 0 unspecified atom stereocenters. The van der Waals surface area contributed by atoms with Gasteiger partial charge in [-0.15, -0.1) is 0 Å². The molecule has 5 rings (SSSR count). The number of aryl methyl sites for hydroxylation is 1. The van der Waals surface area contributed by atoms with Crippen LogP contribution in [0.2, 0.25) is 0 Å². The van der Waals surface area contributed by atoms with Gasteiger partial charge >= 0.3 is 0 Å². The van der Waals surface area contributed by atoms with Crippen LogP contribution in [0, 0.1) is 30.6 Å².